The summed E-state index contributed by atoms with van der Waals surface area (Å²) in [5.41, 5.74) is 1.49. The average Bonchev–Trinajstić information content (AvgIpc) is 3.29. The minimum atomic E-state index is -1.28. The van der Waals surface area contributed by atoms with E-state index in [1.807, 2.05) is 12.1 Å². The van der Waals surface area contributed by atoms with Gasteiger partial charge < -0.3 is 19.9 Å². The maximum Gasteiger partial charge on any atom is 0.342 e. The number of hydrogen-bond acceptors (Lipinski definition) is 7. The van der Waals surface area contributed by atoms with Crippen LogP contribution in [0.5, 0.6) is 11.5 Å². The fourth-order valence-corrected chi connectivity index (χ4v) is 4.66. The molecule has 2 unspecified atom stereocenters. The smallest absolute Gasteiger partial charge is 0.342 e. The first-order chi connectivity index (χ1) is 15.5. The number of nitrogens with zero attached hydrogens (tertiary/aromatic N) is 1. The largest absolute Gasteiger partial charge is 0.507 e. The second-order valence-electron chi connectivity index (χ2n) is 7.79. The summed E-state index contributed by atoms with van der Waals surface area (Å²) in [6, 6.07) is 19.0. The lowest BCUT2D eigenvalue weighted by molar-refractivity contribution is 0.0594. The number of aromatic hydroxyl groups is 1. The molecule has 0 amide bonds. The van der Waals surface area contributed by atoms with Crippen molar-refractivity contribution in [1.82, 2.24) is 0 Å². The van der Waals surface area contributed by atoms with Gasteiger partial charge in [-0.3, -0.25) is 4.79 Å². The van der Waals surface area contributed by atoms with Crippen molar-refractivity contribution in [3.8, 4) is 17.6 Å². The van der Waals surface area contributed by atoms with E-state index in [0.29, 0.717) is 28.1 Å². The highest BCUT2D eigenvalue weighted by atomic mass is 16.5. The zero-order valence-corrected chi connectivity index (χ0v) is 17.1. The van der Waals surface area contributed by atoms with Crippen molar-refractivity contribution in [3.05, 3.63) is 88.5 Å². The summed E-state index contributed by atoms with van der Waals surface area (Å²) in [6.45, 7) is 0. The molecule has 0 aromatic heterocycles. The first-order valence-corrected chi connectivity index (χ1v) is 10.0. The number of fused-ring (bicyclic) bond motifs is 3. The monoisotopic (exact) mass is 426 g/mol. The molecule has 2 atom stereocenters. The normalized spacial score (nSPS) is 20.2. The number of anilines is 1. The number of carbonyl (C=O) groups is 2. The molecule has 0 bridgehead atoms. The Morgan fingerprint density at radius 2 is 1.94 bits per heavy atom. The van der Waals surface area contributed by atoms with Gasteiger partial charge >= 0.3 is 5.97 Å². The van der Waals surface area contributed by atoms with Crippen LogP contribution in [0.3, 0.4) is 0 Å². The topological polar surface area (TPSA) is 109 Å². The molecule has 7 nitrogen and oxygen atoms in total. The number of phenolic OH excluding ortho intramolecular Hbond substituents is 1. The maximum absolute atomic E-state index is 13.9. The lowest BCUT2D eigenvalue weighted by Crippen LogP contribution is -2.48. The molecule has 5 rings (SSSR count). The molecule has 1 aliphatic heterocycles. The van der Waals surface area contributed by atoms with Crippen LogP contribution < -0.4 is 10.1 Å². The second kappa shape index (κ2) is 7.13. The molecule has 7 heteroatoms. The third-order valence-electron chi connectivity index (χ3n) is 6.12. The van der Waals surface area contributed by atoms with E-state index in [-0.39, 0.29) is 23.5 Å². The summed E-state index contributed by atoms with van der Waals surface area (Å²) < 4.78 is 11.1. The predicted molar refractivity (Wildman–Crippen MR) is 115 cm³/mol. The summed E-state index contributed by atoms with van der Waals surface area (Å²) in [4.78, 5) is 26.5. The lowest BCUT2D eigenvalue weighted by atomic mass is 9.74. The van der Waals surface area contributed by atoms with Crippen LogP contribution in [0.1, 0.15) is 37.4 Å². The number of phenols is 1. The predicted octanol–water partition coefficient (Wildman–Crippen LogP) is 3.56. The number of hydrogen-bond donors (Lipinski definition) is 2. The molecule has 3 aromatic carbocycles. The molecule has 1 aliphatic carbocycles. The molecule has 2 aliphatic rings. The van der Waals surface area contributed by atoms with E-state index in [9.17, 15) is 14.7 Å². The van der Waals surface area contributed by atoms with Crippen LogP contribution in [0.2, 0.25) is 0 Å². The molecule has 0 saturated carbocycles. The SMILES string of the molecule is COC(=O)c1c(O)ccc2c1C1(Cc3ccccc3C1=O)C(Nc1ccc(C#N)cc1)O2. The molecule has 0 fully saturated rings. The highest BCUT2D eigenvalue weighted by molar-refractivity contribution is 6.12. The molecule has 1 heterocycles. The van der Waals surface area contributed by atoms with Gasteiger partial charge in [-0.1, -0.05) is 24.3 Å². The minimum Gasteiger partial charge on any atom is -0.507 e. The molecule has 158 valence electrons. The number of carbonyl (C=O) groups excluding carboxylic acids is 2. The van der Waals surface area contributed by atoms with Crippen LogP contribution in [0.4, 0.5) is 5.69 Å². The summed E-state index contributed by atoms with van der Waals surface area (Å²) in [7, 11) is 1.22. The van der Waals surface area contributed by atoms with E-state index in [1.54, 1.807) is 42.5 Å². The number of ether oxygens (including phenoxy) is 2. The standard InChI is InChI=1S/C25H18N2O5/c1-31-23(30)20-18(28)10-11-19-21(20)25(12-15-4-2-3-5-17(15)22(25)29)24(32-19)27-16-8-6-14(13-26)7-9-16/h2-11,24,27-28H,12H2,1H3. The van der Waals surface area contributed by atoms with Crippen LogP contribution in [0, 0.1) is 11.3 Å². The first-order valence-electron chi connectivity index (χ1n) is 10.0. The molecule has 0 saturated heterocycles. The van der Waals surface area contributed by atoms with Gasteiger partial charge in [-0.05, 0) is 48.4 Å². The molecule has 1 spiro atoms. The summed E-state index contributed by atoms with van der Waals surface area (Å²) >= 11 is 0. The van der Waals surface area contributed by atoms with Gasteiger partial charge in [0.1, 0.15) is 22.5 Å². The Kier molecular flexibility index (Phi) is 4.38. The highest BCUT2D eigenvalue weighted by Gasteiger charge is 2.60. The number of benzene rings is 3. The van der Waals surface area contributed by atoms with Crippen molar-refractivity contribution in [1.29, 1.82) is 5.26 Å². The quantitative estimate of drug-likeness (QED) is 0.617. The first kappa shape index (κ1) is 19.6. The number of rotatable bonds is 3. The van der Waals surface area contributed by atoms with Crippen molar-refractivity contribution in [2.45, 2.75) is 18.1 Å². The Hall–Kier alpha value is -4.31. The average molecular weight is 426 g/mol. The van der Waals surface area contributed by atoms with Gasteiger partial charge in [0.2, 0.25) is 0 Å². The fraction of sp³-hybridized carbons (Fsp3) is 0.160. The Morgan fingerprint density at radius 1 is 1.19 bits per heavy atom. The van der Waals surface area contributed by atoms with Gasteiger partial charge in [-0.15, -0.1) is 0 Å². The molecule has 3 aromatic rings. The second-order valence-corrected chi connectivity index (χ2v) is 7.79. The number of nitriles is 1. The van der Waals surface area contributed by atoms with Crippen molar-refractivity contribution in [3.63, 3.8) is 0 Å². The number of esters is 1. The van der Waals surface area contributed by atoms with Crippen LogP contribution in [0.15, 0.2) is 60.7 Å². The van der Waals surface area contributed by atoms with Crippen LogP contribution in [0.25, 0.3) is 0 Å². The van der Waals surface area contributed by atoms with Gasteiger partial charge in [0.15, 0.2) is 12.0 Å². The third kappa shape index (κ3) is 2.66. The lowest BCUT2D eigenvalue weighted by Gasteiger charge is -2.30. The van der Waals surface area contributed by atoms with E-state index >= 15 is 0 Å². The van der Waals surface area contributed by atoms with E-state index < -0.39 is 17.6 Å². The third-order valence-corrected chi connectivity index (χ3v) is 6.12. The number of ketones is 1. The van der Waals surface area contributed by atoms with Gasteiger partial charge in [0.05, 0.1) is 18.7 Å². The molecular weight excluding hydrogens is 408 g/mol. The highest BCUT2D eigenvalue weighted by Crippen LogP contribution is 2.54. The van der Waals surface area contributed by atoms with Gasteiger partial charge in [0.25, 0.3) is 0 Å². The van der Waals surface area contributed by atoms with E-state index in [2.05, 4.69) is 11.4 Å². The van der Waals surface area contributed by atoms with Crippen LogP contribution in [-0.4, -0.2) is 30.2 Å². The van der Waals surface area contributed by atoms with Gasteiger partial charge in [-0.2, -0.15) is 5.26 Å². The van der Waals surface area contributed by atoms with Crippen LogP contribution in [-0.2, 0) is 16.6 Å². The minimum absolute atomic E-state index is 0.0738. The van der Waals surface area contributed by atoms with E-state index in [1.165, 1.54) is 13.2 Å². The Balaban J connectivity index is 1.69. The van der Waals surface area contributed by atoms with Crippen LogP contribution >= 0.6 is 0 Å². The molecule has 2 N–H and O–H groups in total. The Bertz CT molecular complexity index is 1310. The van der Waals surface area contributed by atoms with Crippen molar-refractivity contribution in [2.24, 2.45) is 0 Å². The fourth-order valence-electron chi connectivity index (χ4n) is 4.66. The van der Waals surface area contributed by atoms with E-state index in [0.717, 1.165) is 5.56 Å². The van der Waals surface area contributed by atoms with Crippen molar-refractivity contribution >= 4 is 17.4 Å². The Labute approximate surface area is 183 Å². The van der Waals surface area contributed by atoms with Crippen molar-refractivity contribution in [2.75, 3.05) is 12.4 Å². The molecular formula is C25H18N2O5. The summed E-state index contributed by atoms with van der Waals surface area (Å²) in [5.74, 6) is -0.893. The zero-order chi connectivity index (χ0) is 22.5. The number of nitrogens with one attached hydrogen (secondary N) is 1. The van der Waals surface area contributed by atoms with E-state index in [4.69, 9.17) is 14.7 Å². The Morgan fingerprint density at radius 3 is 2.62 bits per heavy atom. The summed E-state index contributed by atoms with van der Waals surface area (Å²) in [5, 5.41) is 22.9. The maximum atomic E-state index is 13.9. The molecule has 32 heavy (non-hydrogen) atoms. The van der Waals surface area contributed by atoms with Gasteiger partial charge in [0, 0.05) is 16.8 Å². The number of methoxy groups -OCH3 is 1. The number of Topliss-reactive ketones (excluding diaryl/α,β-unsaturated/α-hetero) is 1. The zero-order valence-electron chi connectivity index (χ0n) is 17.1. The molecule has 0 radical (unpaired) electrons. The van der Waals surface area contributed by atoms with Gasteiger partial charge in [-0.25, -0.2) is 4.79 Å². The summed E-state index contributed by atoms with van der Waals surface area (Å²) in [6.07, 6.45) is -0.563. The van der Waals surface area contributed by atoms with Crippen molar-refractivity contribution < 1.29 is 24.2 Å².